The molecule has 5 rings (SSSR count). The Morgan fingerprint density at radius 3 is 2.24 bits per heavy atom. The van der Waals surface area contributed by atoms with Gasteiger partial charge in [-0.1, -0.05) is 89.8 Å². The van der Waals surface area contributed by atoms with Crippen molar-refractivity contribution in [1.29, 1.82) is 0 Å². The fourth-order valence-electron chi connectivity index (χ4n) is 6.17. The number of rotatable bonds is 15. The van der Waals surface area contributed by atoms with Gasteiger partial charge in [-0.25, -0.2) is 9.97 Å². The molecule has 0 bridgehead atoms. The third kappa shape index (κ3) is 10.0. The molecule has 2 atom stereocenters. The highest BCUT2D eigenvalue weighted by molar-refractivity contribution is 7.14. The lowest BCUT2D eigenvalue weighted by molar-refractivity contribution is -0.141. The van der Waals surface area contributed by atoms with Crippen LogP contribution in [0.25, 0.3) is 22.5 Å². The molecule has 10 heteroatoms. The molecule has 270 valence electrons. The zero-order chi connectivity index (χ0) is 36.5. The monoisotopic (exact) mass is 710 g/mol. The summed E-state index contributed by atoms with van der Waals surface area (Å²) in [5.41, 5.74) is 4.35. The molecule has 2 aromatic heterocycles. The normalized spacial score (nSPS) is 15.1. The quantitative estimate of drug-likeness (QED) is 0.120. The first kappa shape index (κ1) is 37.7. The average Bonchev–Trinajstić information content (AvgIpc) is 3.78. The summed E-state index contributed by atoms with van der Waals surface area (Å²) >= 11 is 1.44. The van der Waals surface area contributed by atoms with Crippen molar-refractivity contribution in [3.05, 3.63) is 87.9 Å². The predicted molar refractivity (Wildman–Crippen MR) is 202 cm³/mol. The van der Waals surface area contributed by atoms with Crippen LogP contribution in [0.2, 0.25) is 0 Å². The van der Waals surface area contributed by atoms with Crippen molar-refractivity contribution < 1.29 is 24.2 Å². The van der Waals surface area contributed by atoms with Crippen LogP contribution in [0.4, 0.5) is 0 Å². The number of carbonyl (C=O) groups is 3. The number of aromatic nitrogens is 2. The van der Waals surface area contributed by atoms with Crippen LogP contribution in [0, 0.1) is 12.8 Å². The van der Waals surface area contributed by atoms with Crippen LogP contribution < -0.4 is 10.1 Å². The molecule has 3 heterocycles. The lowest BCUT2D eigenvalue weighted by Gasteiger charge is -2.24. The average molecular weight is 711 g/mol. The molecule has 0 aliphatic carbocycles. The summed E-state index contributed by atoms with van der Waals surface area (Å²) in [6.07, 6.45) is 10.3. The topological polar surface area (TPSA) is 122 Å². The molecule has 0 saturated carbocycles. The van der Waals surface area contributed by atoms with Crippen LogP contribution >= 0.6 is 11.3 Å². The Kier molecular flexibility index (Phi) is 12.6. The first-order valence-corrected chi connectivity index (χ1v) is 18.8. The summed E-state index contributed by atoms with van der Waals surface area (Å²) in [7, 11) is 0. The number of benzene rings is 2. The Hall–Kier alpha value is -4.57. The minimum absolute atomic E-state index is 0.107. The molecule has 1 saturated heterocycles. The maximum absolute atomic E-state index is 13.8. The Morgan fingerprint density at radius 1 is 0.961 bits per heavy atom. The van der Waals surface area contributed by atoms with E-state index in [1.54, 1.807) is 4.90 Å². The van der Waals surface area contributed by atoms with Crippen molar-refractivity contribution in [2.24, 2.45) is 5.92 Å². The van der Waals surface area contributed by atoms with Crippen molar-refractivity contribution in [3.8, 4) is 28.3 Å². The summed E-state index contributed by atoms with van der Waals surface area (Å²) in [6, 6.07) is 16.8. The van der Waals surface area contributed by atoms with E-state index in [2.05, 4.69) is 43.0 Å². The van der Waals surface area contributed by atoms with Crippen LogP contribution in [-0.4, -0.2) is 63.5 Å². The molecule has 2 N–H and O–H groups in total. The summed E-state index contributed by atoms with van der Waals surface area (Å²) in [4.78, 5) is 51.4. The number of carboxylic acid groups (broad SMARTS) is 1. The second-order valence-corrected chi connectivity index (χ2v) is 15.5. The van der Waals surface area contributed by atoms with Gasteiger partial charge in [0.15, 0.2) is 5.82 Å². The number of amides is 2. The van der Waals surface area contributed by atoms with Crippen molar-refractivity contribution in [2.45, 2.75) is 91.0 Å². The largest absolute Gasteiger partial charge is 0.494 e. The molecule has 1 aliphatic heterocycles. The highest BCUT2D eigenvalue weighted by Gasteiger charge is 2.35. The highest BCUT2D eigenvalue weighted by atomic mass is 32.1. The number of carboxylic acids is 1. The SMILES string of the molecule is CCCCCCCOc1ccc(-c2cnc(-c3ccc(C[C@H](NC(=O)c4sc(C(C)(C)C)cc4C)C(=O)N4CC[C@H](C(=O)O)C4)cc3)nc2)cc1. The van der Waals surface area contributed by atoms with E-state index in [0.717, 1.165) is 51.5 Å². The number of hydrogen-bond donors (Lipinski definition) is 2. The fourth-order valence-corrected chi connectivity index (χ4v) is 7.31. The lowest BCUT2D eigenvalue weighted by atomic mass is 9.94. The zero-order valence-electron chi connectivity index (χ0n) is 30.4. The number of hydrogen-bond acceptors (Lipinski definition) is 7. The number of thiophene rings is 1. The van der Waals surface area contributed by atoms with Gasteiger partial charge in [0.2, 0.25) is 5.91 Å². The molecule has 4 aromatic rings. The zero-order valence-corrected chi connectivity index (χ0v) is 31.2. The molecule has 2 aromatic carbocycles. The van der Waals surface area contributed by atoms with Crippen LogP contribution in [0.15, 0.2) is 67.0 Å². The van der Waals surface area contributed by atoms with E-state index in [1.807, 2.05) is 73.9 Å². The molecule has 0 unspecified atom stereocenters. The minimum atomic E-state index is -0.910. The van der Waals surface area contributed by atoms with Gasteiger partial charge >= 0.3 is 5.97 Å². The van der Waals surface area contributed by atoms with E-state index in [1.165, 1.54) is 37.0 Å². The first-order valence-electron chi connectivity index (χ1n) is 18.0. The van der Waals surface area contributed by atoms with Gasteiger partial charge in [0, 0.05) is 47.9 Å². The van der Waals surface area contributed by atoms with Crippen molar-refractivity contribution in [1.82, 2.24) is 20.2 Å². The van der Waals surface area contributed by atoms with Crippen molar-refractivity contribution in [2.75, 3.05) is 19.7 Å². The van der Waals surface area contributed by atoms with Gasteiger partial charge in [0.25, 0.3) is 5.91 Å². The van der Waals surface area contributed by atoms with Gasteiger partial charge < -0.3 is 20.1 Å². The first-order chi connectivity index (χ1) is 24.4. The third-order valence-corrected chi connectivity index (χ3v) is 11.0. The van der Waals surface area contributed by atoms with E-state index >= 15 is 0 Å². The van der Waals surface area contributed by atoms with Gasteiger partial charge in [0.1, 0.15) is 11.8 Å². The number of nitrogens with zero attached hydrogens (tertiary/aromatic N) is 3. The number of carbonyl (C=O) groups excluding carboxylic acids is 2. The number of ether oxygens (including phenoxy) is 1. The van der Waals surface area contributed by atoms with Crippen LogP contribution in [0.1, 0.15) is 91.9 Å². The van der Waals surface area contributed by atoms with Gasteiger partial charge in [-0.2, -0.15) is 0 Å². The predicted octanol–water partition coefficient (Wildman–Crippen LogP) is 8.10. The molecule has 1 fully saturated rings. The Balaban J connectivity index is 1.25. The van der Waals surface area contributed by atoms with Gasteiger partial charge in [0.05, 0.1) is 17.4 Å². The summed E-state index contributed by atoms with van der Waals surface area (Å²) in [5, 5.41) is 12.5. The smallest absolute Gasteiger partial charge is 0.308 e. The standard InChI is InChI=1S/C41H50N4O5S/c1-6-7-8-9-10-21-50-33-17-15-29(16-18-33)32-24-42-37(43-25-32)30-13-11-28(12-14-30)23-34(39(47)45-20-19-31(26-45)40(48)49)44-38(46)36-27(2)22-35(51-36)41(3,4)5/h11-18,22,24-25,31,34H,6-10,19-21,23,26H2,1-5H3,(H,44,46)(H,48,49)/t31-,34-/m0/s1. The van der Waals surface area contributed by atoms with Gasteiger partial charge in [-0.15, -0.1) is 11.3 Å². The van der Waals surface area contributed by atoms with E-state index in [0.29, 0.717) is 23.7 Å². The summed E-state index contributed by atoms with van der Waals surface area (Å²) in [6.45, 7) is 11.6. The van der Waals surface area contributed by atoms with Gasteiger partial charge in [-0.05, 0) is 60.1 Å². The Bertz CT molecular complexity index is 1780. The molecular weight excluding hydrogens is 661 g/mol. The van der Waals surface area contributed by atoms with Crippen LogP contribution in [-0.2, 0) is 21.4 Å². The Morgan fingerprint density at radius 2 is 1.63 bits per heavy atom. The number of nitrogens with one attached hydrogen (secondary N) is 1. The minimum Gasteiger partial charge on any atom is -0.494 e. The molecular formula is C41H50N4O5S. The number of aryl methyl sites for hydroxylation is 1. The van der Waals surface area contributed by atoms with Crippen LogP contribution in [0.3, 0.4) is 0 Å². The van der Waals surface area contributed by atoms with E-state index in [-0.39, 0.29) is 30.2 Å². The molecule has 51 heavy (non-hydrogen) atoms. The Labute approximate surface area is 305 Å². The molecule has 9 nitrogen and oxygen atoms in total. The van der Waals surface area contributed by atoms with E-state index < -0.39 is 17.9 Å². The van der Waals surface area contributed by atoms with E-state index in [9.17, 15) is 19.5 Å². The lowest BCUT2D eigenvalue weighted by Crippen LogP contribution is -2.49. The second-order valence-electron chi connectivity index (χ2n) is 14.5. The number of unbranched alkanes of at least 4 members (excludes halogenated alkanes) is 4. The molecule has 0 radical (unpaired) electrons. The maximum Gasteiger partial charge on any atom is 0.308 e. The van der Waals surface area contributed by atoms with Crippen molar-refractivity contribution in [3.63, 3.8) is 0 Å². The van der Waals surface area contributed by atoms with Gasteiger partial charge in [-0.3, -0.25) is 14.4 Å². The van der Waals surface area contributed by atoms with Crippen LogP contribution in [0.5, 0.6) is 5.75 Å². The van der Waals surface area contributed by atoms with E-state index in [4.69, 9.17) is 4.74 Å². The second kappa shape index (κ2) is 17.1. The fraction of sp³-hybridized carbons (Fsp3) is 0.439. The molecule has 1 aliphatic rings. The third-order valence-electron chi connectivity index (χ3n) is 9.32. The number of aliphatic carboxylic acids is 1. The molecule has 2 amide bonds. The maximum atomic E-state index is 13.8. The summed E-state index contributed by atoms with van der Waals surface area (Å²) in [5.74, 6) is -0.654. The highest BCUT2D eigenvalue weighted by Crippen LogP contribution is 2.32. The molecule has 0 spiro atoms. The summed E-state index contributed by atoms with van der Waals surface area (Å²) < 4.78 is 5.90. The number of likely N-dealkylation sites (tertiary alicyclic amines) is 1. The van der Waals surface area contributed by atoms with Crippen molar-refractivity contribution >= 4 is 29.1 Å².